The minimum Gasteiger partial charge on any atom is -0.444 e. The summed E-state index contributed by atoms with van der Waals surface area (Å²) in [6.45, 7) is 4.88. The number of alkyl carbamates (subject to hydrolysis) is 1. The largest absolute Gasteiger partial charge is 0.444 e. The van der Waals surface area contributed by atoms with Gasteiger partial charge >= 0.3 is 11.8 Å². The molecule has 0 aliphatic carbocycles. The Morgan fingerprint density at radius 1 is 1.41 bits per heavy atom. The Balaban J connectivity index is 2.20. The third-order valence-corrected chi connectivity index (χ3v) is 2.42. The number of hydrogen-bond donors (Lipinski definition) is 2. The maximum absolute atomic E-state index is 12.1. The number of rotatable bonds is 3. The molecule has 2 aromatic rings. The maximum Gasteiger partial charge on any atom is 0.409 e. The molecule has 2 amide bonds. The zero-order valence-electron chi connectivity index (χ0n) is 12.2. The van der Waals surface area contributed by atoms with Gasteiger partial charge in [-0.15, -0.1) is 5.10 Å². The van der Waals surface area contributed by atoms with Gasteiger partial charge < -0.3 is 15.8 Å². The average molecular weight is 309 g/mol. The number of aromatic nitrogens is 5. The Kier molecular flexibility index (Phi) is 3.80. The van der Waals surface area contributed by atoms with Crippen molar-refractivity contribution in [3.05, 3.63) is 22.5 Å². The van der Waals surface area contributed by atoms with Crippen molar-refractivity contribution in [3.8, 4) is 0 Å². The number of ether oxygens (including phenoxy) is 1. The molecule has 0 spiro atoms. The normalized spacial score (nSPS) is 11.4. The molecule has 2 aromatic heterocycles. The number of primary amides is 1. The number of amides is 2. The Morgan fingerprint density at radius 3 is 2.68 bits per heavy atom. The van der Waals surface area contributed by atoms with Gasteiger partial charge in [0.2, 0.25) is 0 Å². The van der Waals surface area contributed by atoms with E-state index in [0.717, 1.165) is 15.4 Å². The van der Waals surface area contributed by atoms with Crippen molar-refractivity contribution in [2.75, 3.05) is 0 Å². The van der Waals surface area contributed by atoms with Gasteiger partial charge in [0.15, 0.2) is 11.3 Å². The van der Waals surface area contributed by atoms with Crippen LogP contribution in [0.1, 0.15) is 31.3 Å². The zero-order chi connectivity index (χ0) is 16.5. The summed E-state index contributed by atoms with van der Waals surface area (Å²) in [4.78, 5) is 38.4. The monoisotopic (exact) mass is 309 g/mol. The first kappa shape index (κ1) is 15.4. The number of nitrogens with one attached hydrogen (secondary N) is 1. The van der Waals surface area contributed by atoms with Gasteiger partial charge in [-0.05, 0) is 20.8 Å². The lowest BCUT2D eigenvalue weighted by atomic mass is 10.2. The number of nitrogens with two attached hydrogens (primary N) is 1. The number of carbonyl (C=O) groups is 2. The fraction of sp³-hybridized carbons (Fsp3) is 0.455. The smallest absolute Gasteiger partial charge is 0.409 e. The van der Waals surface area contributed by atoms with Crippen molar-refractivity contribution in [1.29, 1.82) is 0 Å². The van der Waals surface area contributed by atoms with Crippen LogP contribution in [0.25, 0.3) is 5.65 Å². The minimum atomic E-state index is -0.819. The maximum atomic E-state index is 12.1. The first-order chi connectivity index (χ1) is 10.2. The SMILES string of the molecule is CC(C)(C)OC(=O)NCn1nnc2c(C(N)=O)ncn2c1=O. The van der Waals surface area contributed by atoms with E-state index < -0.39 is 23.3 Å². The van der Waals surface area contributed by atoms with Crippen molar-refractivity contribution in [1.82, 2.24) is 29.7 Å². The highest BCUT2D eigenvalue weighted by molar-refractivity contribution is 5.96. The van der Waals surface area contributed by atoms with Crippen LogP contribution in [0.5, 0.6) is 0 Å². The number of hydrogen-bond acceptors (Lipinski definition) is 7. The number of imidazole rings is 1. The summed E-state index contributed by atoms with van der Waals surface area (Å²) >= 11 is 0. The summed E-state index contributed by atoms with van der Waals surface area (Å²) in [5.74, 6) is -0.819. The van der Waals surface area contributed by atoms with Crippen LogP contribution >= 0.6 is 0 Å². The molecule has 11 nitrogen and oxygen atoms in total. The molecule has 3 N–H and O–H groups in total. The third kappa shape index (κ3) is 3.19. The standard InChI is InChI=1S/C11H15N7O4/c1-11(2,3)22-9(20)14-5-18-10(21)17-4-13-6(7(12)19)8(17)15-16-18/h4H,5H2,1-3H3,(H2,12,19)(H,14,20). The van der Waals surface area contributed by atoms with Crippen LogP contribution < -0.4 is 16.7 Å². The molecule has 2 rings (SSSR count). The summed E-state index contributed by atoms with van der Waals surface area (Å²) in [5, 5.41) is 9.67. The van der Waals surface area contributed by atoms with Crippen molar-refractivity contribution in [2.45, 2.75) is 33.0 Å². The first-order valence-electron chi connectivity index (χ1n) is 6.26. The molecule has 0 aliphatic heterocycles. The van der Waals surface area contributed by atoms with Gasteiger partial charge in [-0.2, -0.15) is 4.68 Å². The number of nitrogens with zero attached hydrogens (tertiary/aromatic N) is 5. The number of fused-ring (bicyclic) bond motifs is 1. The van der Waals surface area contributed by atoms with Crippen LogP contribution in [0.3, 0.4) is 0 Å². The van der Waals surface area contributed by atoms with Gasteiger partial charge in [-0.25, -0.2) is 19.0 Å². The van der Waals surface area contributed by atoms with E-state index in [4.69, 9.17) is 10.5 Å². The Bertz CT molecular complexity index is 786. The van der Waals surface area contributed by atoms with Crippen molar-refractivity contribution in [2.24, 2.45) is 5.73 Å². The van der Waals surface area contributed by atoms with Crippen LogP contribution in [-0.2, 0) is 11.4 Å². The predicted octanol–water partition coefficient (Wildman–Crippen LogP) is -1.13. The van der Waals surface area contributed by atoms with E-state index in [1.165, 1.54) is 0 Å². The van der Waals surface area contributed by atoms with Gasteiger partial charge in [-0.1, -0.05) is 5.21 Å². The second kappa shape index (κ2) is 5.42. The van der Waals surface area contributed by atoms with Gasteiger partial charge in [0, 0.05) is 0 Å². The van der Waals surface area contributed by atoms with Crippen LogP contribution in [0, 0.1) is 0 Å². The molecule has 0 saturated heterocycles. The molecule has 0 atom stereocenters. The van der Waals surface area contributed by atoms with Crippen molar-refractivity contribution >= 4 is 17.6 Å². The molecular weight excluding hydrogens is 294 g/mol. The summed E-state index contributed by atoms with van der Waals surface area (Å²) in [6, 6.07) is 0. The van der Waals surface area contributed by atoms with E-state index in [2.05, 4.69) is 20.6 Å². The molecule has 0 aromatic carbocycles. The topological polar surface area (TPSA) is 146 Å². The van der Waals surface area contributed by atoms with Gasteiger partial charge in [0.1, 0.15) is 18.6 Å². The summed E-state index contributed by atoms with van der Waals surface area (Å²) in [7, 11) is 0. The highest BCUT2D eigenvalue weighted by Gasteiger charge is 2.17. The fourth-order valence-corrected chi connectivity index (χ4v) is 1.56. The molecule has 0 fully saturated rings. The lowest BCUT2D eigenvalue weighted by Gasteiger charge is -2.19. The molecule has 0 saturated carbocycles. The third-order valence-electron chi connectivity index (χ3n) is 2.42. The molecule has 0 bridgehead atoms. The Hall–Kier alpha value is -2.98. The van der Waals surface area contributed by atoms with Gasteiger partial charge in [-0.3, -0.25) is 4.79 Å². The Morgan fingerprint density at radius 2 is 2.09 bits per heavy atom. The lowest BCUT2D eigenvalue weighted by molar-refractivity contribution is 0.0506. The summed E-state index contributed by atoms with van der Waals surface area (Å²) < 4.78 is 6.91. The first-order valence-corrected chi connectivity index (χ1v) is 6.26. The second-order valence-electron chi connectivity index (χ2n) is 5.36. The molecule has 11 heteroatoms. The molecule has 22 heavy (non-hydrogen) atoms. The fourth-order valence-electron chi connectivity index (χ4n) is 1.56. The highest BCUT2D eigenvalue weighted by atomic mass is 16.6. The van der Waals surface area contributed by atoms with E-state index in [1.54, 1.807) is 20.8 Å². The molecule has 0 unspecified atom stereocenters. The van der Waals surface area contributed by atoms with Crippen LogP contribution in [0.4, 0.5) is 4.79 Å². The van der Waals surface area contributed by atoms with E-state index in [9.17, 15) is 14.4 Å². The lowest BCUT2D eigenvalue weighted by Crippen LogP contribution is -2.39. The summed E-state index contributed by atoms with van der Waals surface area (Å²) in [6.07, 6.45) is 0.404. The summed E-state index contributed by atoms with van der Waals surface area (Å²) in [5.41, 5.74) is 3.60. The van der Waals surface area contributed by atoms with Gasteiger partial charge in [0.05, 0.1) is 0 Å². The van der Waals surface area contributed by atoms with Crippen molar-refractivity contribution < 1.29 is 14.3 Å². The highest BCUT2D eigenvalue weighted by Crippen LogP contribution is 2.06. The quantitative estimate of drug-likeness (QED) is 0.728. The van der Waals surface area contributed by atoms with Gasteiger partial charge in [0.25, 0.3) is 5.91 Å². The molecule has 118 valence electrons. The second-order valence-corrected chi connectivity index (χ2v) is 5.36. The molecular formula is C11H15N7O4. The van der Waals surface area contributed by atoms with E-state index in [-0.39, 0.29) is 18.0 Å². The molecule has 2 heterocycles. The van der Waals surface area contributed by atoms with E-state index >= 15 is 0 Å². The zero-order valence-corrected chi connectivity index (χ0v) is 12.2. The van der Waals surface area contributed by atoms with Crippen LogP contribution in [0.2, 0.25) is 0 Å². The van der Waals surface area contributed by atoms with E-state index in [1.807, 2.05) is 0 Å². The predicted molar refractivity (Wildman–Crippen MR) is 72.9 cm³/mol. The molecule has 0 radical (unpaired) electrons. The average Bonchev–Trinajstić information content (AvgIpc) is 2.80. The van der Waals surface area contributed by atoms with E-state index in [0.29, 0.717) is 0 Å². The number of carbonyl (C=O) groups excluding carboxylic acids is 2. The van der Waals surface area contributed by atoms with Crippen LogP contribution in [-0.4, -0.2) is 42.0 Å². The van der Waals surface area contributed by atoms with Crippen molar-refractivity contribution in [3.63, 3.8) is 0 Å². The van der Waals surface area contributed by atoms with Crippen LogP contribution in [0.15, 0.2) is 11.1 Å². The Labute approximate surface area is 124 Å². The molecule has 0 aliphatic rings. The minimum absolute atomic E-state index is 0.0500.